The lowest BCUT2D eigenvalue weighted by atomic mass is 10.4. The minimum Gasteiger partial charge on any atom is -0.471 e. The smallest absolute Gasteiger partial charge is 0.331 e. The molecule has 0 atom stereocenters. The normalized spacial score (nSPS) is 15.4. The highest BCUT2D eigenvalue weighted by Gasteiger charge is 2.18. The first kappa shape index (κ1) is 13.5. The molecular formula is C11H17N5O3. The molecule has 0 aromatic carbocycles. The Kier molecular flexibility index (Phi) is 4.48. The fourth-order valence-electron chi connectivity index (χ4n) is 2.04. The fraction of sp³-hybridized carbons (Fsp3) is 0.545. The summed E-state index contributed by atoms with van der Waals surface area (Å²) in [5.41, 5.74) is 2.19. The zero-order valence-electron chi connectivity index (χ0n) is 10.5. The maximum Gasteiger partial charge on any atom is 0.331 e. The molecule has 3 N–H and O–H groups in total. The molecule has 2 rings (SSSR count). The van der Waals surface area contributed by atoms with Gasteiger partial charge in [0.2, 0.25) is 0 Å². The first-order valence-corrected chi connectivity index (χ1v) is 6.18. The molecule has 0 unspecified atom stereocenters. The summed E-state index contributed by atoms with van der Waals surface area (Å²) in [6.45, 7) is 3.24. The topological polar surface area (TPSA) is 107 Å². The number of pyridine rings is 1. The minimum atomic E-state index is -0.515. The van der Waals surface area contributed by atoms with E-state index in [0.29, 0.717) is 12.4 Å². The van der Waals surface area contributed by atoms with Gasteiger partial charge in [-0.2, -0.15) is 4.98 Å². The van der Waals surface area contributed by atoms with Crippen molar-refractivity contribution in [3.05, 3.63) is 22.2 Å². The predicted octanol–water partition coefficient (Wildman–Crippen LogP) is 0.750. The third-order valence-electron chi connectivity index (χ3n) is 3.03. The minimum absolute atomic E-state index is 0.000327. The summed E-state index contributed by atoms with van der Waals surface area (Å²) < 4.78 is 5.41. The van der Waals surface area contributed by atoms with Gasteiger partial charge in [0.25, 0.3) is 5.88 Å². The van der Waals surface area contributed by atoms with E-state index in [4.69, 9.17) is 10.6 Å². The van der Waals surface area contributed by atoms with Gasteiger partial charge in [-0.15, -0.1) is 0 Å². The van der Waals surface area contributed by atoms with Crippen LogP contribution in [0.15, 0.2) is 12.1 Å². The van der Waals surface area contributed by atoms with E-state index in [1.54, 1.807) is 0 Å². The number of ether oxygens (including phenoxy) is 1. The standard InChI is InChI=1S/C11H17N5O3/c12-14-10-4-3-9(16(17)18)11(13-10)19-8-7-15-5-1-2-6-15/h3-4H,1-2,5-8,12H2,(H,13,14). The zero-order valence-corrected chi connectivity index (χ0v) is 10.5. The van der Waals surface area contributed by atoms with E-state index in [1.807, 2.05) is 0 Å². The number of aromatic nitrogens is 1. The number of nitrogen functional groups attached to an aromatic ring is 1. The monoisotopic (exact) mass is 267 g/mol. The quantitative estimate of drug-likeness (QED) is 0.445. The van der Waals surface area contributed by atoms with Gasteiger partial charge < -0.3 is 10.2 Å². The SMILES string of the molecule is NNc1ccc([N+](=O)[O-])c(OCCN2CCCC2)n1. The van der Waals surface area contributed by atoms with Gasteiger partial charge >= 0.3 is 5.69 Å². The van der Waals surface area contributed by atoms with Gasteiger partial charge in [-0.3, -0.25) is 15.0 Å². The van der Waals surface area contributed by atoms with Crippen LogP contribution in [-0.4, -0.2) is 41.0 Å². The van der Waals surface area contributed by atoms with E-state index in [9.17, 15) is 10.1 Å². The third-order valence-corrected chi connectivity index (χ3v) is 3.03. The molecule has 0 saturated carbocycles. The lowest BCUT2D eigenvalue weighted by molar-refractivity contribution is -0.386. The van der Waals surface area contributed by atoms with E-state index in [1.165, 1.54) is 25.0 Å². The molecule has 104 valence electrons. The van der Waals surface area contributed by atoms with Crippen molar-refractivity contribution in [2.75, 3.05) is 31.7 Å². The van der Waals surface area contributed by atoms with Gasteiger partial charge in [0.05, 0.1) is 4.92 Å². The number of nitro groups is 1. The van der Waals surface area contributed by atoms with Crippen molar-refractivity contribution in [3.8, 4) is 5.88 Å². The van der Waals surface area contributed by atoms with Gasteiger partial charge in [-0.25, -0.2) is 5.84 Å². The Morgan fingerprint density at radius 2 is 2.21 bits per heavy atom. The first-order valence-electron chi connectivity index (χ1n) is 6.18. The van der Waals surface area contributed by atoms with Crippen molar-refractivity contribution in [2.45, 2.75) is 12.8 Å². The van der Waals surface area contributed by atoms with Gasteiger partial charge in [0.15, 0.2) is 0 Å². The molecule has 1 saturated heterocycles. The first-order chi connectivity index (χ1) is 9.20. The Hall–Kier alpha value is -1.93. The summed E-state index contributed by atoms with van der Waals surface area (Å²) in [5.74, 6) is 5.56. The van der Waals surface area contributed by atoms with Crippen LogP contribution >= 0.6 is 0 Å². The lowest BCUT2D eigenvalue weighted by Crippen LogP contribution is -2.25. The highest BCUT2D eigenvalue weighted by molar-refractivity contribution is 5.48. The third kappa shape index (κ3) is 3.52. The van der Waals surface area contributed by atoms with E-state index >= 15 is 0 Å². The Morgan fingerprint density at radius 3 is 2.84 bits per heavy atom. The Bertz CT molecular complexity index is 448. The van der Waals surface area contributed by atoms with Crippen LogP contribution in [-0.2, 0) is 0 Å². The van der Waals surface area contributed by atoms with Crippen molar-refractivity contribution < 1.29 is 9.66 Å². The van der Waals surface area contributed by atoms with Crippen LogP contribution in [0.1, 0.15) is 12.8 Å². The van der Waals surface area contributed by atoms with Crippen molar-refractivity contribution in [1.29, 1.82) is 0 Å². The second-order valence-corrected chi connectivity index (χ2v) is 4.32. The maximum atomic E-state index is 10.9. The molecule has 19 heavy (non-hydrogen) atoms. The van der Waals surface area contributed by atoms with Gasteiger partial charge in [0, 0.05) is 12.6 Å². The zero-order chi connectivity index (χ0) is 13.7. The van der Waals surface area contributed by atoms with Crippen LogP contribution in [0.3, 0.4) is 0 Å². The van der Waals surface area contributed by atoms with Gasteiger partial charge in [0.1, 0.15) is 12.4 Å². The molecule has 1 aliphatic heterocycles. The molecule has 1 aromatic rings. The van der Waals surface area contributed by atoms with Crippen molar-refractivity contribution >= 4 is 11.5 Å². The van der Waals surface area contributed by atoms with Crippen LogP contribution in [0.2, 0.25) is 0 Å². The molecular weight excluding hydrogens is 250 g/mol. The van der Waals surface area contributed by atoms with Crippen LogP contribution in [0.25, 0.3) is 0 Å². The second kappa shape index (κ2) is 6.30. The number of nitrogens with two attached hydrogens (primary N) is 1. The average Bonchev–Trinajstić information content (AvgIpc) is 2.91. The van der Waals surface area contributed by atoms with Crippen LogP contribution in [0, 0.1) is 10.1 Å². The van der Waals surface area contributed by atoms with E-state index in [-0.39, 0.29) is 11.6 Å². The predicted molar refractivity (Wildman–Crippen MR) is 69.9 cm³/mol. The number of likely N-dealkylation sites (tertiary alicyclic amines) is 1. The van der Waals surface area contributed by atoms with Crippen LogP contribution in [0.4, 0.5) is 11.5 Å². The molecule has 1 aromatic heterocycles. The fourth-order valence-corrected chi connectivity index (χ4v) is 2.04. The Balaban J connectivity index is 1.98. The molecule has 0 bridgehead atoms. The molecule has 2 heterocycles. The molecule has 8 nitrogen and oxygen atoms in total. The molecule has 0 radical (unpaired) electrons. The van der Waals surface area contributed by atoms with Crippen molar-refractivity contribution in [1.82, 2.24) is 9.88 Å². The summed E-state index contributed by atoms with van der Waals surface area (Å²) in [4.78, 5) is 16.6. The number of nitrogens with one attached hydrogen (secondary N) is 1. The van der Waals surface area contributed by atoms with Crippen molar-refractivity contribution in [3.63, 3.8) is 0 Å². The van der Waals surface area contributed by atoms with Crippen LogP contribution < -0.4 is 16.0 Å². The molecule has 0 aliphatic carbocycles. The molecule has 0 amide bonds. The van der Waals surface area contributed by atoms with Gasteiger partial charge in [-0.05, 0) is 32.0 Å². The van der Waals surface area contributed by atoms with Crippen molar-refractivity contribution in [2.24, 2.45) is 5.84 Å². The number of nitrogens with zero attached hydrogens (tertiary/aromatic N) is 3. The number of anilines is 1. The van der Waals surface area contributed by atoms with E-state index in [0.717, 1.165) is 19.6 Å². The highest BCUT2D eigenvalue weighted by atomic mass is 16.6. The van der Waals surface area contributed by atoms with E-state index < -0.39 is 4.92 Å². The number of hydrazine groups is 1. The summed E-state index contributed by atoms with van der Waals surface area (Å²) in [6.07, 6.45) is 2.40. The molecule has 1 fully saturated rings. The molecule has 8 heteroatoms. The number of rotatable bonds is 6. The highest BCUT2D eigenvalue weighted by Crippen LogP contribution is 2.25. The summed E-state index contributed by atoms with van der Waals surface area (Å²) in [6, 6.07) is 2.76. The maximum absolute atomic E-state index is 10.9. The lowest BCUT2D eigenvalue weighted by Gasteiger charge is -2.14. The molecule has 1 aliphatic rings. The van der Waals surface area contributed by atoms with Crippen LogP contribution in [0.5, 0.6) is 5.88 Å². The largest absolute Gasteiger partial charge is 0.471 e. The molecule has 0 spiro atoms. The van der Waals surface area contributed by atoms with Gasteiger partial charge in [-0.1, -0.05) is 0 Å². The Morgan fingerprint density at radius 1 is 1.47 bits per heavy atom. The average molecular weight is 267 g/mol. The number of hydrogen-bond acceptors (Lipinski definition) is 7. The second-order valence-electron chi connectivity index (χ2n) is 4.32. The summed E-state index contributed by atoms with van der Waals surface area (Å²) >= 11 is 0. The number of hydrogen-bond donors (Lipinski definition) is 2. The Labute approximate surface area is 110 Å². The summed E-state index contributed by atoms with van der Waals surface area (Å²) in [7, 11) is 0. The summed E-state index contributed by atoms with van der Waals surface area (Å²) in [5, 5.41) is 10.9. The van der Waals surface area contributed by atoms with E-state index in [2.05, 4.69) is 15.3 Å².